The van der Waals surface area contributed by atoms with E-state index in [2.05, 4.69) is 14.9 Å². The molecule has 1 aliphatic rings. The van der Waals surface area contributed by atoms with Crippen LogP contribution in [0.4, 0.5) is 0 Å². The van der Waals surface area contributed by atoms with Crippen molar-refractivity contribution >= 4 is 44.6 Å². The number of aromatic nitrogens is 2. The number of piperidine rings is 1. The van der Waals surface area contributed by atoms with Crippen LogP contribution in [-0.2, 0) is 21.4 Å². The van der Waals surface area contributed by atoms with Crippen LogP contribution in [0.5, 0.6) is 5.75 Å². The highest BCUT2D eigenvalue weighted by molar-refractivity contribution is 7.90. The first-order valence-electron chi connectivity index (χ1n) is 9.76. The zero-order chi connectivity index (χ0) is 23.0. The molecular formula is C19H26Cl2N4O4S2. The van der Waals surface area contributed by atoms with Gasteiger partial charge in [0.15, 0.2) is 0 Å². The number of nitrogens with zero attached hydrogens (tertiary/aromatic N) is 2. The molecule has 172 valence electrons. The van der Waals surface area contributed by atoms with Crippen LogP contribution in [0, 0.1) is 5.92 Å². The van der Waals surface area contributed by atoms with Gasteiger partial charge in [0.2, 0.25) is 10.0 Å². The maximum atomic E-state index is 12.9. The summed E-state index contributed by atoms with van der Waals surface area (Å²) in [5.41, 5.74) is 0.489. The minimum absolute atomic E-state index is 0.0498. The first kappa shape index (κ1) is 24.6. The lowest BCUT2D eigenvalue weighted by Gasteiger charge is -2.37. The molecule has 2 unspecified atom stereocenters. The summed E-state index contributed by atoms with van der Waals surface area (Å²) in [5.74, 6) is -0.128. The SMILES string of the molecule is CC(C)(C)[S+]([O-])NC(c1cc(Cl)c(Cl)cc1O)C1CCN(S(=O)(=O)c2cn[nH]c2)CC1. The van der Waals surface area contributed by atoms with E-state index in [0.29, 0.717) is 31.5 Å². The van der Waals surface area contributed by atoms with Gasteiger partial charge in [-0.2, -0.15) is 9.40 Å². The molecule has 1 saturated heterocycles. The van der Waals surface area contributed by atoms with Crippen molar-refractivity contribution in [3.05, 3.63) is 40.1 Å². The Morgan fingerprint density at radius 3 is 2.45 bits per heavy atom. The lowest BCUT2D eigenvalue weighted by atomic mass is 9.86. The summed E-state index contributed by atoms with van der Waals surface area (Å²) in [6.07, 6.45) is 3.66. The third-order valence-corrected chi connectivity index (χ3v) is 9.44. The molecule has 12 heteroatoms. The van der Waals surface area contributed by atoms with E-state index in [1.54, 1.807) is 6.07 Å². The number of sulfonamides is 1. The summed E-state index contributed by atoms with van der Waals surface area (Å²) >= 11 is 10.8. The number of aromatic amines is 1. The van der Waals surface area contributed by atoms with Crippen molar-refractivity contribution in [3.63, 3.8) is 0 Å². The van der Waals surface area contributed by atoms with E-state index >= 15 is 0 Å². The van der Waals surface area contributed by atoms with Crippen LogP contribution in [0.25, 0.3) is 0 Å². The van der Waals surface area contributed by atoms with Crippen LogP contribution in [-0.4, -0.2) is 50.4 Å². The number of H-pyrrole nitrogens is 1. The monoisotopic (exact) mass is 508 g/mol. The van der Waals surface area contributed by atoms with Gasteiger partial charge in [-0.3, -0.25) is 5.10 Å². The average Bonchev–Trinajstić information content (AvgIpc) is 3.24. The zero-order valence-corrected chi connectivity index (χ0v) is 20.6. The van der Waals surface area contributed by atoms with Crippen LogP contribution in [0.3, 0.4) is 0 Å². The van der Waals surface area contributed by atoms with E-state index in [-0.39, 0.29) is 26.6 Å². The number of hydrogen-bond acceptors (Lipinski definition) is 6. The second kappa shape index (κ2) is 9.46. The van der Waals surface area contributed by atoms with Gasteiger partial charge >= 0.3 is 0 Å². The molecule has 1 aliphatic heterocycles. The highest BCUT2D eigenvalue weighted by atomic mass is 35.5. The normalized spacial score (nSPS) is 18.8. The summed E-state index contributed by atoms with van der Waals surface area (Å²) in [6, 6.07) is 2.45. The van der Waals surface area contributed by atoms with Crippen molar-refractivity contribution in [1.29, 1.82) is 0 Å². The largest absolute Gasteiger partial charge is 0.598 e. The van der Waals surface area contributed by atoms with Crippen molar-refractivity contribution < 1.29 is 18.1 Å². The van der Waals surface area contributed by atoms with E-state index in [1.807, 2.05) is 20.8 Å². The van der Waals surface area contributed by atoms with Gasteiger partial charge in [-0.25, -0.2) is 8.42 Å². The molecule has 3 rings (SSSR count). The molecule has 2 atom stereocenters. The fourth-order valence-electron chi connectivity index (χ4n) is 3.49. The summed E-state index contributed by atoms with van der Waals surface area (Å²) < 4.78 is 42.4. The van der Waals surface area contributed by atoms with Gasteiger partial charge in [0.1, 0.15) is 15.4 Å². The molecule has 1 aromatic carbocycles. The number of benzene rings is 1. The maximum absolute atomic E-state index is 12.9. The molecule has 0 amide bonds. The Bertz CT molecular complexity index is 1000. The van der Waals surface area contributed by atoms with Crippen LogP contribution < -0.4 is 4.72 Å². The molecule has 8 nitrogen and oxygen atoms in total. The number of hydrogen-bond donors (Lipinski definition) is 3. The molecule has 0 spiro atoms. The number of phenolic OH excluding ortho intramolecular Hbond substituents is 1. The van der Waals surface area contributed by atoms with E-state index in [0.717, 1.165) is 0 Å². The van der Waals surface area contributed by atoms with E-state index in [9.17, 15) is 18.1 Å². The van der Waals surface area contributed by atoms with Gasteiger partial charge in [0.05, 0.1) is 22.3 Å². The molecule has 31 heavy (non-hydrogen) atoms. The van der Waals surface area contributed by atoms with Gasteiger partial charge < -0.3 is 9.66 Å². The summed E-state index contributed by atoms with van der Waals surface area (Å²) in [6.45, 7) is 6.13. The predicted molar refractivity (Wildman–Crippen MR) is 122 cm³/mol. The third kappa shape index (κ3) is 5.50. The molecule has 0 bridgehead atoms. The van der Waals surface area contributed by atoms with Crippen LogP contribution in [0.1, 0.15) is 45.2 Å². The van der Waals surface area contributed by atoms with Crippen LogP contribution >= 0.6 is 23.2 Å². The Morgan fingerprint density at radius 1 is 1.29 bits per heavy atom. The molecule has 0 aliphatic carbocycles. The summed E-state index contributed by atoms with van der Waals surface area (Å²) in [7, 11) is -3.63. The van der Waals surface area contributed by atoms with Crippen LogP contribution in [0.15, 0.2) is 29.4 Å². The van der Waals surface area contributed by atoms with Crippen molar-refractivity contribution in [3.8, 4) is 5.75 Å². The summed E-state index contributed by atoms with van der Waals surface area (Å²) in [5, 5.41) is 17.3. The number of halogens is 2. The van der Waals surface area contributed by atoms with Crippen LogP contribution in [0.2, 0.25) is 10.0 Å². The fourth-order valence-corrected chi connectivity index (χ4v) is 6.10. The Hall–Kier alpha value is -1.01. The fraction of sp³-hybridized carbons (Fsp3) is 0.526. The summed E-state index contributed by atoms with van der Waals surface area (Å²) in [4.78, 5) is 0.122. The number of aromatic hydroxyl groups is 1. The standard InChI is InChI=1S/C19H26Cl2N4O4S2/c1-19(2,3)30(27)24-18(14-8-15(20)16(21)9-17(14)26)12-4-6-25(7-5-12)31(28,29)13-10-22-23-11-13/h8-12,18,24,26H,4-7H2,1-3H3,(H,22,23). The number of rotatable bonds is 6. The topological polar surface area (TPSA) is 121 Å². The van der Waals surface area contributed by atoms with Gasteiger partial charge in [-0.15, -0.1) is 4.72 Å². The van der Waals surface area contributed by atoms with E-state index in [4.69, 9.17) is 23.2 Å². The molecule has 0 radical (unpaired) electrons. The Balaban J connectivity index is 1.85. The molecule has 2 aromatic rings. The Morgan fingerprint density at radius 2 is 1.90 bits per heavy atom. The Labute approximate surface area is 195 Å². The highest BCUT2D eigenvalue weighted by Crippen LogP contribution is 2.40. The number of phenols is 1. The average molecular weight is 509 g/mol. The molecule has 1 fully saturated rings. The van der Waals surface area contributed by atoms with Gasteiger partial charge in [0.25, 0.3) is 0 Å². The zero-order valence-electron chi connectivity index (χ0n) is 17.4. The molecule has 3 N–H and O–H groups in total. The van der Waals surface area contributed by atoms with Gasteiger partial charge in [-0.05, 0) is 45.6 Å². The second-order valence-electron chi connectivity index (χ2n) is 8.48. The highest BCUT2D eigenvalue weighted by Gasteiger charge is 2.38. The van der Waals surface area contributed by atoms with Gasteiger partial charge in [-0.1, -0.05) is 23.2 Å². The lowest BCUT2D eigenvalue weighted by molar-refractivity contribution is 0.234. The smallest absolute Gasteiger partial charge is 0.246 e. The quantitative estimate of drug-likeness (QED) is 0.512. The minimum atomic E-state index is -3.63. The number of nitrogens with one attached hydrogen (secondary N) is 2. The lowest BCUT2D eigenvalue weighted by Crippen LogP contribution is -2.46. The second-order valence-corrected chi connectivity index (χ2v) is 13.2. The van der Waals surface area contributed by atoms with E-state index < -0.39 is 32.2 Å². The van der Waals surface area contributed by atoms with Crippen molar-refractivity contribution in [2.45, 2.75) is 49.3 Å². The first-order valence-corrected chi connectivity index (χ1v) is 13.1. The third-order valence-electron chi connectivity index (χ3n) is 5.28. The van der Waals surface area contributed by atoms with Crippen molar-refractivity contribution in [2.75, 3.05) is 13.1 Å². The molecular weight excluding hydrogens is 483 g/mol. The van der Waals surface area contributed by atoms with E-state index in [1.165, 1.54) is 22.8 Å². The Kier molecular flexibility index (Phi) is 7.52. The van der Waals surface area contributed by atoms with Crippen molar-refractivity contribution in [2.24, 2.45) is 5.92 Å². The molecule has 2 heterocycles. The van der Waals surface area contributed by atoms with Gasteiger partial charge in [0, 0.05) is 42.3 Å². The molecule has 0 saturated carbocycles. The first-order chi connectivity index (χ1) is 14.4. The molecule has 1 aromatic heterocycles. The predicted octanol–water partition coefficient (Wildman–Crippen LogP) is 3.62. The van der Waals surface area contributed by atoms with Crippen molar-refractivity contribution in [1.82, 2.24) is 19.2 Å². The minimum Gasteiger partial charge on any atom is -0.598 e. The maximum Gasteiger partial charge on any atom is 0.246 e.